The number of hydrogen-bond donors (Lipinski definition) is 1. The van der Waals surface area contributed by atoms with E-state index in [0.717, 1.165) is 5.56 Å². The van der Waals surface area contributed by atoms with Gasteiger partial charge in [-0.1, -0.05) is 36.4 Å². The van der Waals surface area contributed by atoms with Crippen LogP contribution in [0.4, 0.5) is 11.4 Å². The van der Waals surface area contributed by atoms with Crippen molar-refractivity contribution in [2.24, 2.45) is 0 Å². The molecule has 0 fully saturated rings. The number of non-ortho nitro benzene ring substituents is 1. The highest BCUT2D eigenvalue weighted by Crippen LogP contribution is 2.18. The maximum absolute atomic E-state index is 12.0. The topological polar surface area (TPSA) is 72.2 Å². The molecule has 2 aromatic carbocycles. The molecule has 106 valence electrons. The Kier molecular flexibility index (Phi) is 4.46. The van der Waals surface area contributed by atoms with Crippen LogP contribution in [0.15, 0.2) is 60.2 Å². The van der Waals surface area contributed by atoms with Crippen LogP contribution in [0.2, 0.25) is 0 Å². The lowest BCUT2D eigenvalue weighted by molar-refractivity contribution is -0.384. The fourth-order valence-electron chi connectivity index (χ4n) is 1.79. The van der Waals surface area contributed by atoms with Crippen LogP contribution >= 0.6 is 0 Å². The largest absolute Gasteiger partial charge is 0.322 e. The van der Waals surface area contributed by atoms with Gasteiger partial charge in [-0.25, -0.2) is 0 Å². The summed E-state index contributed by atoms with van der Waals surface area (Å²) >= 11 is 0. The number of carbonyl (C=O) groups excluding carboxylic acids is 1. The van der Waals surface area contributed by atoms with Crippen LogP contribution < -0.4 is 5.32 Å². The lowest BCUT2D eigenvalue weighted by Crippen LogP contribution is -2.12. The second-order valence-electron chi connectivity index (χ2n) is 4.50. The summed E-state index contributed by atoms with van der Waals surface area (Å²) in [5.41, 5.74) is 1.78. The number of nitro benzene ring substituents is 1. The molecule has 2 rings (SSSR count). The molecule has 0 saturated heterocycles. The van der Waals surface area contributed by atoms with E-state index >= 15 is 0 Å². The summed E-state index contributed by atoms with van der Waals surface area (Å²) in [6.45, 7) is 1.69. The minimum absolute atomic E-state index is 0.0579. The van der Waals surface area contributed by atoms with Crippen molar-refractivity contribution in [1.82, 2.24) is 0 Å². The minimum atomic E-state index is -0.498. The predicted molar refractivity (Wildman–Crippen MR) is 81.8 cm³/mol. The van der Waals surface area contributed by atoms with Crippen LogP contribution in [-0.4, -0.2) is 10.8 Å². The Morgan fingerprint density at radius 1 is 1.14 bits per heavy atom. The Balaban J connectivity index is 2.12. The molecule has 0 aliphatic heterocycles. The van der Waals surface area contributed by atoms with Gasteiger partial charge in [0.15, 0.2) is 0 Å². The number of amides is 1. The van der Waals surface area contributed by atoms with E-state index in [1.165, 1.54) is 18.2 Å². The third kappa shape index (κ3) is 4.01. The summed E-state index contributed by atoms with van der Waals surface area (Å²) in [6, 6.07) is 15.3. The highest BCUT2D eigenvalue weighted by Gasteiger charge is 2.09. The van der Waals surface area contributed by atoms with E-state index in [4.69, 9.17) is 0 Å². The van der Waals surface area contributed by atoms with Gasteiger partial charge in [-0.3, -0.25) is 14.9 Å². The van der Waals surface area contributed by atoms with Gasteiger partial charge in [-0.15, -0.1) is 0 Å². The van der Waals surface area contributed by atoms with Gasteiger partial charge in [-0.2, -0.15) is 0 Å². The molecular formula is C16H14N2O3. The Morgan fingerprint density at radius 2 is 1.86 bits per heavy atom. The van der Waals surface area contributed by atoms with Gasteiger partial charge in [0.1, 0.15) is 0 Å². The Morgan fingerprint density at radius 3 is 2.52 bits per heavy atom. The fraction of sp³-hybridized carbons (Fsp3) is 0.0625. The summed E-state index contributed by atoms with van der Waals surface area (Å²) in [4.78, 5) is 22.2. The summed E-state index contributed by atoms with van der Waals surface area (Å²) in [6.07, 6.45) is 1.76. The number of anilines is 1. The molecule has 0 atom stereocenters. The van der Waals surface area contributed by atoms with E-state index in [1.807, 2.05) is 30.3 Å². The van der Waals surface area contributed by atoms with Gasteiger partial charge < -0.3 is 5.32 Å². The molecule has 5 heteroatoms. The smallest absolute Gasteiger partial charge is 0.271 e. The number of nitro groups is 1. The maximum atomic E-state index is 12.0. The predicted octanol–water partition coefficient (Wildman–Crippen LogP) is 3.64. The Labute approximate surface area is 122 Å². The van der Waals surface area contributed by atoms with Crippen LogP contribution in [0.5, 0.6) is 0 Å². The first-order chi connectivity index (χ1) is 10.1. The van der Waals surface area contributed by atoms with Crippen LogP contribution in [-0.2, 0) is 4.79 Å². The molecule has 0 heterocycles. The zero-order valence-electron chi connectivity index (χ0n) is 11.4. The van der Waals surface area contributed by atoms with E-state index < -0.39 is 4.92 Å². The molecule has 0 unspecified atom stereocenters. The van der Waals surface area contributed by atoms with Gasteiger partial charge in [0, 0.05) is 23.4 Å². The van der Waals surface area contributed by atoms with Gasteiger partial charge >= 0.3 is 0 Å². The van der Waals surface area contributed by atoms with Gasteiger partial charge in [0.05, 0.1) is 4.92 Å². The average molecular weight is 282 g/mol. The Hall–Kier alpha value is -2.95. The number of nitrogens with zero attached hydrogens (tertiary/aromatic N) is 1. The molecule has 1 amide bonds. The summed E-state index contributed by atoms with van der Waals surface area (Å²) in [5.74, 6) is -0.292. The molecule has 0 aromatic heterocycles. The van der Waals surface area contributed by atoms with Crippen LogP contribution in [0, 0.1) is 10.1 Å². The number of carbonyl (C=O) groups is 1. The second kappa shape index (κ2) is 6.47. The van der Waals surface area contributed by atoms with E-state index in [1.54, 1.807) is 19.1 Å². The molecule has 21 heavy (non-hydrogen) atoms. The van der Waals surface area contributed by atoms with Crippen molar-refractivity contribution in [2.75, 3.05) is 5.32 Å². The third-order valence-corrected chi connectivity index (χ3v) is 2.86. The minimum Gasteiger partial charge on any atom is -0.322 e. The Bertz CT molecular complexity index is 694. The first-order valence-corrected chi connectivity index (χ1v) is 6.35. The van der Waals surface area contributed by atoms with E-state index in [9.17, 15) is 14.9 Å². The fourth-order valence-corrected chi connectivity index (χ4v) is 1.79. The average Bonchev–Trinajstić information content (AvgIpc) is 2.48. The molecule has 0 aliphatic carbocycles. The highest BCUT2D eigenvalue weighted by molar-refractivity contribution is 6.06. The standard InChI is InChI=1S/C16H14N2O3/c1-12(10-13-6-3-2-4-7-13)16(19)17-14-8-5-9-15(11-14)18(20)21/h2-11H,1H3,(H,17,19). The molecule has 0 saturated carbocycles. The normalized spacial score (nSPS) is 11.0. The van der Waals surface area contributed by atoms with Crippen molar-refractivity contribution in [3.8, 4) is 0 Å². The highest BCUT2D eigenvalue weighted by atomic mass is 16.6. The van der Waals surface area contributed by atoms with Crippen molar-refractivity contribution in [3.05, 3.63) is 75.8 Å². The second-order valence-corrected chi connectivity index (χ2v) is 4.50. The van der Waals surface area contributed by atoms with Crippen LogP contribution in [0.1, 0.15) is 12.5 Å². The number of nitrogens with one attached hydrogen (secondary N) is 1. The van der Waals surface area contributed by atoms with Crippen molar-refractivity contribution in [1.29, 1.82) is 0 Å². The van der Waals surface area contributed by atoms with Crippen LogP contribution in [0.25, 0.3) is 6.08 Å². The SMILES string of the molecule is CC(=Cc1ccccc1)C(=O)Nc1cccc([N+](=O)[O-])c1. The third-order valence-electron chi connectivity index (χ3n) is 2.86. The lowest BCUT2D eigenvalue weighted by atomic mass is 10.1. The zero-order chi connectivity index (χ0) is 15.2. The molecule has 1 N–H and O–H groups in total. The van der Waals surface area contributed by atoms with Crippen molar-refractivity contribution in [3.63, 3.8) is 0 Å². The monoisotopic (exact) mass is 282 g/mol. The molecule has 0 radical (unpaired) electrons. The maximum Gasteiger partial charge on any atom is 0.271 e. The number of rotatable bonds is 4. The molecule has 5 nitrogen and oxygen atoms in total. The lowest BCUT2D eigenvalue weighted by Gasteiger charge is -2.05. The van der Waals surface area contributed by atoms with Crippen molar-refractivity contribution in [2.45, 2.75) is 6.92 Å². The molecule has 0 bridgehead atoms. The molecule has 2 aromatic rings. The summed E-state index contributed by atoms with van der Waals surface area (Å²) < 4.78 is 0. The molecule has 0 aliphatic rings. The number of benzene rings is 2. The zero-order valence-corrected chi connectivity index (χ0v) is 11.4. The van der Waals surface area contributed by atoms with Crippen molar-refractivity contribution < 1.29 is 9.72 Å². The van der Waals surface area contributed by atoms with Gasteiger partial charge in [0.2, 0.25) is 0 Å². The van der Waals surface area contributed by atoms with Gasteiger partial charge in [-0.05, 0) is 24.6 Å². The summed E-state index contributed by atoms with van der Waals surface area (Å²) in [5, 5.41) is 13.3. The van der Waals surface area contributed by atoms with Crippen LogP contribution in [0.3, 0.4) is 0 Å². The first kappa shape index (κ1) is 14.5. The van der Waals surface area contributed by atoms with Gasteiger partial charge in [0.25, 0.3) is 11.6 Å². The first-order valence-electron chi connectivity index (χ1n) is 6.35. The number of hydrogen-bond acceptors (Lipinski definition) is 3. The quantitative estimate of drug-likeness (QED) is 0.528. The molecule has 0 spiro atoms. The molecular weight excluding hydrogens is 268 g/mol. The summed E-state index contributed by atoms with van der Waals surface area (Å²) in [7, 11) is 0. The van der Waals surface area contributed by atoms with E-state index in [0.29, 0.717) is 11.3 Å². The van der Waals surface area contributed by atoms with E-state index in [-0.39, 0.29) is 11.6 Å². The van der Waals surface area contributed by atoms with E-state index in [2.05, 4.69) is 5.32 Å². The van der Waals surface area contributed by atoms with Crippen molar-refractivity contribution >= 4 is 23.4 Å².